The van der Waals surface area contributed by atoms with Crippen LogP contribution >= 0.6 is 0 Å². The van der Waals surface area contributed by atoms with Crippen molar-refractivity contribution in [2.45, 2.75) is 6.54 Å². The number of amides is 2. The Balaban J connectivity index is 1.75. The lowest BCUT2D eigenvalue weighted by Crippen LogP contribution is -2.37. The molecule has 0 unspecified atom stereocenters. The minimum atomic E-state index is -0.166. The number of H-pyrrole nitrogens is 1. The molecule has 0 aliphatic carbocycles. The minimum absolute atomic E-state index is 0.166. The normalized spacial score (nSPS) is 10.5. The number of para-hydroxylation sites is 2. The van der Waals surface area contributed by atoms with Crippen molar-refractivity contribution in [3.63, 3.8) is 0 Å². The van der Waals surface area contributed by atoms with Gasteiger partial charge in [0.2, 0.25) is 0 Å². The molecular weight excluding hydrogens is 230 g/mol. The second-order valence-electron chi connectivity index (χ2n) is 3.88. The van der Waals surface area contributed by atoms with Gasteiger partial charge in [0.1, 0.15) is 5.82 Å². The number of hydrogen-bond donors (Lipinski definition) is 4. The summed E-state index contributed by atoms with van der Waals surface area (Å²) in [6.07, 6.45) is 0. The second kappa shape index (κ2) is 6.02. The maximum atomic E-state index is 10.9. The molecule has 0 saturated carbocycles. The van der Waals surface area contributed by atoms with Crippen LogP contribution < -0.4 is 16.0 Å². The van der Waals surface area contributed by atoms with E-state index in [1.165, 1.54) is 0 Å². The molecule has 4 N–H and O–H groups in total. The van der Waals surface area contributed by atoms with Crippen molar-refractivity contribution in [2.24, 2.45) is 0 Å². The summed E-state index contributed by atoms with van der Waals surface area (Å²) < 4.78 is 0. The highest BCUT2D eigenvalue weighted by Crippen LogP contribution is 2.09. The largest absolute Gasteiger partial charge is 0.341 e. The van der Waals surface area contributed by atoms with Gasteiger partial charge in [-0.3, -0.25) is 0 Å². The van der Waals surface area contributed by atoms with Gasteiger partial charge in [0, 0.05) is 20.1 Å². The minimum Gasteiger partial charge on any atom is -0.341 e. The van der Waals surface area contributed by atoms with Gasteiger partial charge in [-0.2, -0.15) is 0 Å². The molecule has 0 aliphatic rings. The molecule has 18 heavy (non-hydrogen) atoms. The fraction of sp³-hybridized carbons (Fsp3) is 0.333. The summed E-state index contributed by atoms with van der Waals surface area (Å²) in [6.45, 7) is 1.94. The lowest BCUT2D eigenvalue weighted by Gasteiger charge is -2.04. The number of rotatable bonds is 5. The monoisotopic (exact) mass is 247 g/mol. The van der Waals surface area contributed by atoms with E-state index < -0.39 is 0 Å². The molecule has 1 aromatic carbocycles. The Labute approximate surface area is 105 Å². The molecule has 0 radical (unpaired) electrons. The highest BCUT2D eigenvalue weighted by molar-refractivity contribution is 5.74. The number of imidazole rings is 1. The van der Waals surface area contributed by atoms with Gasteiger partial charge in [0.05, 0.1) is 17.6 Å². The Kier molecular flexibility index (Phi) is 4.14. The quantitative estimate of drug-likeness (QED) is 0.583. The zero-order chi connectivity index (χ0) is 12.8. The standard InChI is InChI=1S/C12H17N5O/c1-13-12(18)15-7-6-14-8-11-16-9-4-2-3-5-10(9)17-11/h2-5,14H,6-8H2,1H3,(H,16,17)(H2,13,15,18). The van der Waals surface area contributed by atoms with Crippen LogP contribution in [0.4, 0.5) is 4.79 Å². The van der Waals surface area contributed by atoms with Crippen LogP contribution in [-0.2, 0) is 6.54 Å². The molecule has 0 aliphatic heterocycles. The number of aromatic amines is 1. The summed E-state index contributed by atoms with van der Waals surface area (Å²) in [7, 11) is 1.59. The summed E-state index contributed by atoms with van der Waals surface area (Å²) in [6, 6.07) is 7.75. The van der Waals surface area contributed by atoms with Gasteiger partial charge >= 0.3 is 6.03 Å². The average molecular weight is 247 g/mol. The van der Waals surface area contributed by atoms with Gasteiger partial charge in [0.15, 0.2) is 0 Å². The first-order valence-electron chi connectivity index (χ1n) is 5.89. The predicted molar refractivity (Wildman–Crippen MR) is 70.3 cm³/mol. The molecule has 6 heteroatoms. The van der Waals surface area contributed by atoms with E-state index in [0.717, 1.165) is 16.9 Å². The van der Waals surface area contributed by atoms with Gasteiger partial charge in [0.25, 0.3) is 0 Å². The van der Waals surface area contributed by atoms with E-state index in [4.69, 9.17) is 0 Å². The molecular formula is C12H17N5O. The van der Waals surface area contributed by atoms with E-state index >= 15 is 0 Å². The first-order valence-corrected chi connectivity index (χ1v) is 5.89. The Hall–Kier alpha value is -2.08. The summed E-state index contributed by atoms with van der Waals surface area (Å²) >= 11 is 0. The first-order chi connectivity index (χ1) is 8.79. The fourth-order valence-corrected chi connectivity index (χ4v) is 1.65. The molecule has 0 atom stereocenters. The van der Waals surface area contributed by atoms with Crippen molar-refractivity contribution in [1.29, 1.82) is 0 Å². The van der Waals surface area contributed by atoms with Crippen LogP contribution in [0.25, 0.3) is 11.0 Å². The Morgan fingerprint density at radius 3 is 2.94 bits per heavy atom. The highest BCUT2D eigenvalue weighted by atomic mass is 16.2. The molecule has 1 heterocycles. The fourth-order valence-electron chi connectivity index (χ4n) is 1.65. The van der Waals surface area contributed by atoms with E-state index in [1.54, 1.807) is 7.05 Å². The lowest BCUT2D eigenvalue weighted by atomic mass is 10.3. The number of fused-ring (bicyclic) bond motifs is 1. The molecule has 0 saturated heterocycles. The molecule has 0 fully saturated rings. The van der Waals surface area contributed by atoms with E-state index in [-0.39, 0.29) is 6.03 Å². The summed E-state index contributed by atoms with van der Waals surface area (Å²) in [5, 5.41) is 8.40. The van der Waals surface area contributed by atoms with Gasteiger partial charge < -0.3 is 20.9 Å². The lowest BCUT2D eigenvalue weighted by molar-refractivity contribution is 0.243. The molecule has 6 nitrogen and oxygen atoms in total. The average Bonchev–Trinajstić information content (AvgIpc) is 2.80. The van der Waals surface area contributed by atoms with E-state index in [9.17, 15) is 4.79 Å². The van der Waals surface area contributed by atoms with Gasteiger partial charge in [-0.05, 0) is 12.1 Å². The summed E-state index contributed by atoms with van der Waals surface area (Å²) in [4.78, 5) is 18.6. The van der Waals surface area contributed by atoms with Crippen molar-refractivity contribution >= 4 is 17.1 Å². The SMILES string of the molecule is CNC(=O)NCCNCc1nc2ccccc2[nH]1. The number of carbonyl (C=O) groups is 1. The van der Waals surface area contributed by atoms with Gasteiger partial charge in [-0.1, -0.05) is 12.1 Å². The Morgan fingerprint density at radius 2 is 2.17 bits per heavy atom. The topological polar surface area (TPSA) is 81.8 Å². The van der Waals surface area contributed by atoms with E-state index in [1.807, 2.05) is 24.3 Å². The van der Waals surface area contributed by atoms with E-state index in [0.29, 0.717) is 19.6 Å². The van der Waals surface area contributed by atoms with Gasteiger partial charge in [-0.15, -0.1) is 0 Å². The molecule has 0 spiro atoms. The number of hydrogen-bond acceptors (Lipinski definition) is 3. The van der Waals surface area contributed by atoms with Crippen LogP contribution in [0.2, 0.25) is 0 Å². The highest BCUT2D eigenvalue weighted by Gasteiger charge is 2.01. The van der Waals surface area contributed by atoms with Crippen LogP contribution in [0.5, 0.6) is 0 Å². The maximum Gasteiger partial charge on any atom is 0.314 e. The zero-order valence-corrected chi connectivity index (χ0v) is 10.3. The van der Waals surface area contributed by atoms with Crippen LogP contribution in [0.1, 0.15) is 5.82 Å². The molecule has 0 bridgehead atoms. The van der Waals surface area contributed by atoms with Crippen molar-refractivity contribution in [2.75, 3.05) is 20.1 Å². The Morgan fingerprint density at radius 1 is 1.33 bits per heavy atom. The molecule has 2 amide bonds. The molecule has 1 aromatic heterocycles. The third kappa shape index (κ3) is 3.21. The number of carbonyl (C=O) groups excluding carboxylic acids is 1. The van der Waals surface area contributed by atoms with Crippen molar-refractivity contribution in [1.82, 2.24) is 25.9 Å². The van der Waals surface area contributed by atoms with Crippen molar-refractivity contribution < 1.29 is 4.79 Å². The number of nitrogens with zero attached hydrogens (tertiary/aromatic N) is 1. The molecule has 96 valence electrons. The van der Waals surface area contributed by atoms with Crippen molar-refractivity contribution in [3.8, 4) is 0 Å². The van der Waals surface area contributed by atoms with Crippen molar-refractivity contribution in [3.05, 3.63) is 30.1 Å². The van der Waals surface area contributed by atoms with Crippen LogP contribution in [0.15, 0.2) is 24.3 Å². The number of nitrogens with one attached hydrogen (secondary N) is 4. The van der Waals surface area contributed by atoms with E-state index in [2.05, 4.69) is 25.9 Å². The Bertz CT molecular complexity index is 489. The summed E-state index contributed by atoms with van der Waals surface area (Å²) in [5.41, 5.74) is 2.01. The maximum absolute atomic E-state index is 10.9. The zero-order valence-electron chi connectivity index (χ0n) is 10.3. The molecule has 2 rings (SSSR count). The third-order valence-electron chi connectivity index (χ3n) is 2.55. The number of benzene rings is 1. The predicted octanol–water partition coefficient (Wildman–Crippen LogP) is 0.582. The van der Waals surface area contributed by atoms with Crippen LogP contribution in [0, 0.1) is 0 Å². The third-order valence-corrected chi connectivity index (χ3v) is 2.55. The van der Waals surface area contributed by atoms with Crippen LogP contribution in [0.3, 0.4) is 0 Å². The smallest absolute Gasteiger partial charge is 0.314 e. The number of urea groups is 1. The summed E-state index contributed by atoms with van der Waals surface area (Å²) in [5.74, 6) is 0.899. The van der Waals surface area contributed by atoms with Crippen LogP contribution in [-0.4, -0.2) is 36.1 Å². The first kappa shape index (κ1) is 12.4. The second-order valence-corrected chi connectivity index (χ2v) is 3.88. The van der Waals surface area contributed by atoms with Gasteiger partial charge in [-0.25, -0.2) is 9.78 Å². The molecule has 2 aromatic rings. The number of aromatic nitrogens is 2.